The summed E-state index contributed by atoms with van der Waals surface area (Å²) < 4.78 is 0. The fraction of sp³-hybridized carbons (Fsp3) is 0.368. The summed E-state index contributed by atoms with van der Waals surface area (Å²) in [6.45, 7) is 2.29. The van der Waals surface area contributed by atoms with E-state index < -0.39 is 0 Å². The van der Waals surface area contributed by atoms with Crippen LogP contribution in [-0.2, 0) is 12.8 Å². The zero-order valence-electron chi connectivity index (χ0n) is 12.4. The summed E-state index contributed by atoms with van der Waals surface area (Å²) in [5, 5.41) is 3.69. The Hall–Kier alpha value is -1.96. The van der Waals surface area contributed by atoms with E-state index in [9.17, 15) is 0 Å². The molecule has 4 rings (SSSR count). The van der Waals surface area contributed by atoms with Gasteiger partial charge in [0.25, 0.3) is 0 Å². The second kappa shape index (κ2) is 5.44. The maximum Gasteiger partial charge on any atom is 0.0477 e. The molecule has 0 aliphatic carbocycles. The number of aryl methyl sites for hydroxylation is 1. The summed E-state index contributed by atoms with van der Waals surface area (Å²) >= 11 is 0. The lowest BCUT2D eigenvalue weighted by Crippen LogP contribution is -2.36. The second-order valence-corrected chi connectivity index (χ2v) is 6.23. The zero-order chi connectivity index (χ0) is 14.1. The minimum Gasteiger partial charge on any atom is -0.380 e. The molecule has 2 aromatic carbocycles. The number of rotatable bonds is 2. The Labute approximate surface area is 126 Å². The van der Waals surface area contributed by atoms with Gasteiger partial charge >= 0.3 is 0 Å². The molecule has 108 valence electrons. The van der Waals surface area contributed by atoms with E-state index >= 15 is 0 Å². The molecule has 0 saturated carbocycles. The van der Waals surface area contributed by atoms with E-state index in [0.717, 1.165) is 13.0 Å². The van der Waals surface area contributed by atoms with Crippen LogP contribution in [0.1, 0.15) is 24.0 Å². The summed E-state index contributed by atoms with van der Waals surface area (Å²) in [6, 6.07) is 18.2. The lowest BCUT2D eigenvalue weighted by atomic mass is 10.1. The molecule has 2 aliphatic rings. The van der Waals surface area contributed by atoms with Crippen molar-refractivity contribution in [2.75, 3.05) is 23.3 Å². The first-order valence-electron chi connectivity index (χ1n) is 8.07. The number of hydrogen-bond acceptors (Lipinski definition) is 2. The van der Waals surface area contributed by atoms with Crippen LogP contribution in [0.15, 0.2) is 48.5 Å². The van der Waals surface area contributed by atoms with Gasteiger partial charge in [-0.25, -0.2) is 0 Å². The summed E-state index contributed by atoms with van der Waals surface area (Å²) in [6.07, 6.45) is 4.99. The largest absolute Gasteiger partial charge is 0.380 e. The normalized spacial score (nSPS) is 20.4. The van der Waals surface area contributed by atoms with Crippen molar-refractivity contribution in [1.29, 1.82) is 0 Å². The van der Waals surface area contributed by atoms with Gasteiger partial charge in [0.1, 0.15) is 0 Å². The number of hydrogen-bond donors (Lipinski definition) is 1. The van der Waals surface area contributed by atoms with E-state index in [1.165, 1.54) is 48.3 Å². The zero-order valence-corrected chi connectivity index (χ0v) is 12.4. The molecule has 0 radical (unpaired) electrons. The van der Waals surface area contributed by atoms with Crippen LogP contribution < -0.4 is 10.2 Å². The van der Waals surface area contributed by atoms with Crippen molar-refractivity contribution in [2.45, 2.75) is 31.7 Å². The van der Waals surface area contributed by atoms with Crippen LogP contribution in [0.25, 0.3) is 0 Å². The first-order chi connectivity index (χ1) is 10.4. The molecule has 0 saturated heterocycles. The van der Waals surface area contributed by atoms with Crippen LogP contribution >= 0.6 is 0 Å². The summed E-state index contributed by atoms with van der Waals surface area (Å²) in [5.41, 5.74) is 5.76. The number of benzene rings is 2. The van der Waals surface area contributed by atoms with Gasteiger partial charge in [-0.2, -0.15) is 0 Å². The Balaban J connectivity index is 1.53. The molecule has 0 fully saturated rings. The lowest BCUT2D eigenvalue weighted by Gasteiger charge is -2.28. The average molecular weight is 278 g/mol. The van der Waals surface area contributed by atoms with E-state index in [2.05, 4.69) is 58.7 Å². The van der Waals surface area contributed by atoms with Crippen molar-refractivity contribution < 1.29 is 0 Å². The van der Waals surface area contributed by atoms with E-state index in [0.29, 0.717) is 6.04 Å². The van der Waals surface area contributed by atoms with E-state index in [-0.39, 0.29) is 0 Å². The number of para-hydroxylation sites is 2. The van der Waals surface area contributed by atoms with Crippen LogP contribution in [0.4, 0.5) is 11.4 Å². The lowest BCUT2D eigenvalue weighted by molar-refractivity contribution is 0.660. The molecule has 1 atom stereocenters. The third-order valence-corrected chi connectivity index (χ3v) is 4.74. The molecule has 21 heavy (non-hydrogen) atoms. The molecule has 0 amide bonds. The van der Waals surface area contributed by atoms with Gasteiger partial charge in [-0.1, -0.05) is 36.4 Å². The summed E-state index contributed by atoms with van der Waals surface area (Å²) in [5.74, 6) is 0. The predicted octanol–water partition coefficient (Wildman–Crippen LogP) is 3.87. The molecular weight excluding hydrogens is 256 g/mol. The molecule has 2 aromatic rings. The number of anilines is 2. The maximum absolute atomic E-state index is 3.69. The van der Waals surface area contributed by atoms with E-state index in [1.807, 2.05) is 0 Å². The highest BCUT2D eigenvalue weighted by molar-refractivity contribution is 5.59. The maximum atomic E-state index is 3.69. The Morgan fingerprint density at radius 3 is 2.67 bits per heavy atom. The fourth-order valence-electron chi connectivity index (χ4n) is 3.71. The molecule has 2 aliphatic heterocycles. The minimum atomic E-state index is 0.536. The smallest absolute Gasteiger partial charge is 0.0477 e. The van der Waals surface area contributed by atoms with Gasteiger partial charge in [-0.15, -0.1) is 0 Å². The van der Waals surface area contributed by atoms with Gasteiger partial charge in [-0.3, -0.25) is 0 Å². The van der Waals surface area contributed by atoms with E-state index in [4.69, 9.17) is 0 Å². The molecule has 0 spiro atoms. The van der Waals surface area contributed by atoms with Gasteiger partial charge in [-0.05, 0) is 48.9 Å². The third kappa shape index (κ3) is 2.51. The second-order valence-electron chi connectivity index (χ2n) is 6.23. The van der Waals surface area contributed by atoms with Crippen LogP contribution in [0.5, 0.6) is 0 Å². The van der Waals surface area contributed by atoms with Crippen LogP contribution in [-0.4, -0.2) is 19.1 Å². The van der Waals surface area contributed by atoms with E-state index in [1.54, 1.807) is 0 Å². The highest BCUT2D eigenvalue weighted by Crippen LogP contribution is 2.29. The van der Waals surface area contributed by atoms with Gasteiger partial charge in [0, 0.05) is 30.5 Å². The SMILES string of the molecule is c1ccc2c(c1)CC(CN1CCCCc3ccccc31)N2. The molecule has 2 nitrogen and oxygen atoms in total. The van der Waals surface area contributed by atoms with Crippen molar-refractivity contribution in [1.82, 2.24) is 0 Å². The molecule has 0 bridgehead atoms. The van der Waals surface area contributed by atoms with Crippen molar-refractivity contribution in [3.05, 3.63) is 59.7 Å². The third-order valence-electron chi connectivity index (χ3n) is 4.74. The molecule has 1 unspecified atom stereocenters. The van der Waals surface area contributed by atoms with Gasteiger partial charge in [0.05, 0.1) is 0 Å². The quantitative estimate of drug-likeness (QED) is 0.897. The minimum absolute atomic E-state index is 0.536. The predicted molar refractivity (Wildman–Crippen MR) is 89.1 cm³/mol. The van der Waals surface area contributed by atoms with Crippen LogP contribution in [0.3, 0.4) is 0 Å². The Morgan fingerprint density at radius 1 is 0.952 bits per heavy atom. The fourth-order valence-corrected chi connectivity index (χ4v) is 3.71. The molecular formula is C19H22N2. The highest BCUT2D eigenvalue weighted by Gasteiger charge is 2.24. The molecule has 2 heterocycles. The number of nitrogens with zero attached hydrogens (tertiary/aromatic N) is 1. The summed E-state index contributed by atoms with van der Waals surface area (Å²) in [7, 11) is 0. The standard InChI is InChI=1S/C19H22N2/c1-3-10-18-16(9-1)13-17(20-18)14-21-12-6-5-8-15-7-2-4-11-19(15)21/h1-4,7,9-11,17,20H,5-6,8,12-14H2. The molecule has 0 aromatic heterocycles. The molecule has 1 N–H and O–H groups in total. The highest BCUT2D eigenvalue weighted by atomic mass is 15.2. The first-order valence-corrected chi connectivity index (χ1v) is 8.07. The van der Waals surface area contributed by atoms with Crippen molar-refractivity contribution in [3.8, 4) is 0 Å². The number of fused-ring (bicyclic) bond motifs is 2. The van der Waals surface area contributed by atoms with Gasteiger partial charge < -0.3 is 10.2 Å². The monoisotopic (exact) mass is 278 g/mol. The molecule has 2 heteroatoms. The Kier molecular flexibility index (Phi) is 3.30. The number of nitrogens with one attached hydrogen (secondary N) is 1. The van der Waals surface area contributed by atoms with Crippen molar-refractivity contribution >= 4 is 11.4 Å². The van der Waals surface area contributed by atoms with Crippen molar-refractivity contribution in [3.63, 3.8) is 0 Å². The summed E-state index contributed by atoms with van der Waals surface area (Å²) in [4.78, 5) is 2.59. The average Bonchev–Trinajstić information content (AvgIpc) is 2.82. The van der Waals surface area contributed by atoms with Crippen molar-refractivity contribution in [2.24, 2.45) is 0 Å². The van der Waals surface area contributed by atoms with Gasteiger partial charge in [0.2, 0.25) is 0 Å². The topological polar surface area (TPSA) is 15.3 Å². The first kappa shape index (κ1) is 12.8. The Morgan fingerprint density at radius 2 is 1.76 bits per heavy atom. The van der Waals surface area contributed by atoms with Crippen LogP contribution in [0, 0.1) is 0 Å². The Bertz CT molecular complexity index is 610. The van der Waals surface area contributed by atoms with Crippen LogP contribution in [0.2, 0.25) is 0 Å². The van der Waals surface area contributed by atoms with Gasteiger partial charge in [0.15, 0.2) is 0 Å².